The smallest absolute Gasteiger partial charge is 0.438 e. The van der Waals surface area contributed by atoms with Crippen molar-refractivity contribution in [3.63, 3.8) is 0 Å². The van der Waals surface area contributed by atoms with Crippen LogP contribution < -0.4 is 16.4 Å². The molecule has 0 atom stereocenters. The summed E-state index contributed by atoms with van der Waals surface area (Å²) in [6.07, 6.45) is 0.490. The second-order valence-electron chi connectivity index (χ2n) is 15.1. The first-order valence-corrected chi connectivity index (χ1v) is 19.6. The number of aliphatic carboxylic acids is 2. The van der Waals surface area contributed by atoms with E-state index in [9.17, 15) is 33.9 Å². The Balaban J connectivity index is -0.000000663. The number of carboxylic acids is 2. The molecule has 6 N–H and O–H groups in total. The molecule has 23 heteroatoms. The van der Waals surface area contributed by atoms with E-state index in [1.807, 2.05) is 55.4 Å². The maximum Gasteiger partial charge on any atom is 0.438 e. The molecule has 23 nitrogen and oxygen atoms in total. The van der Waals surface area contributed by atoms with Crippen molar-refractivity contribution in [2.45, 2.75) is 158 Å². The normalized spacial score (nSPS) is 13.4. The van der Waals surface area contributed by atoms with Crippen LogP contribution in [0.25, 0.3) is 0 Å². The molecule has 0 unspecified atom stereocenters. The summed E-state index contributed by atoms with van der Waals surface area (Å²) in [7, 11) is 0. The van der Waals surface area contributed by atoms with E-state index in [4.69, 9.17) is 33.9 Å². The number of aromatic nitrogens is 2. The topological polar surface area (TPSA) is 321 Å². The lowest BCUT2D eigenvalue weighted by Crippen LogP contribution is -2.53. The summed E-state index contributed by atoms with van der Waals surface area (Å²) in [5.74, 6) is -4.25. The van der Waals surface area contributed by atoms with Crippen molar-refractivity contribution in [3.05, 3.63) is 16.4 Å². The molecule has 3 rings (SSSR count). The van der Waals surface area contributed by atoms with Gasteiger partial charge in [-0.1, -0.05) is 5.16 Å². The Morgan fingerprint density at radius 1 is 0.803 bits per heavy atom. The fraction of sp³-hybridized carbons (Fsp3) is 0.789. The molecule has 1 fully saturated rings. The second-order valence-corrected chi connectivity index (χ2v) is 15.1. The Bertz CT molecular complexity index is 1520. The van der Waals surface area contributed by atoms with Crippen LogP contribution in [0.3, 0.4) is 0 Å². The van der Waals surface area contributed by atoms with Gasteiger partial charge in [-0.15, -0.1) is 5.11 Å². The lowest BCUT2D eigenvalue weighted by atomic mass is 10.0. The number of nitrogens with one attached hydrogen (secondary N) is 3. The number of amidine groups is 1. The fourth-order valence-corrected chi connectivity index (χ4v) is 3.37. The van der Waals surface area contributed by atoms with Crippen molar-refractivity contribution in [3.8, 4) is 0 Å². The average molecular weight is 882 g/mol. The van der Waals surface area contributed by atoms with Crippen LogP contribution in [-0.4, -0.2) is 148 Å². The van der Waals surface area contributed by atoms with E-state index in [2.05, 4.69) is 45.3 Å². The highest BCUT2D eigenvalue weighted by Crippen LogP contribution is 2.17. The van der Waals surface area contributed by atoms with E-state index < -0.39 is 46.7 Å². The van der Waals surface area contributed by atoms with Crippen molar-refractivity contribution >= 4 is 35.6 Å². The summed E-state index contributed by atoms with van der Waals surface area (Å²) in [5.41, 5.74) is -1.75. The summed E-state index contributed by atoms with van der Waals surface area (Å²) < 4.78 is 34.3. The van der Waals surface area contributed by atoms with Gasteiger partial charge in [0.2, 0.25) is 0 Å². The van der Waals surface area contributed by atoms with E-state index in [1.54, 1.807) is 34.6 Å². The maximum atomic E-state index is 10.8. The number of hydrogen-bond donors (Lipinski definition) is 6. The van der Waals surface area contributed by atoms with Crippen molar-refractivity contribution in [1.82, 2.24) is 20.8 Å². The Hall–Kier alpha value is -4.68. The van der Waals surface area contributed by atoms with E-state index >= 15 is 0 Å². The number of carbonyl (C=O) groups is 5. The number of aromatic amines is 1. The molecule has 61 heavy (non-hydrogen) atoms. The summed E-state index contributed by atoms with van der Waals surface area (Å²) >= 11 is 0. The number of H-pyrrole nitrogens is 1. The molecular weight excluding hydrogens is 810 g/mol. The van der Waals surface area contributed by atoms with Crippen LogP contribution in [0.2, 0.25) is 0 Å². The predicted octanol–water partition coefficient (Wildman–Crippen LogP) is 2.64. The lowest BCUT2D eigenvalue weighted by molar-refractivity contribution is -0.209. The van der Waals surface area contributed by atoms with Crippen molar-refractivity contribution in [1.29, 1.82) is 0 Å². The molecule has 2 aliphatic rings. The number of azo groups is 1. The van der Waals surface area contributed by atoms with Gasteiger partial charge < -0.3 is 54.4 Å². The Labute approximate surface area is 357 Å². The second kappa shape index (κ2) is 33.0. The number of carbonyl (C=O) groups excluding carboxylic acids is 3. The van der Waals surface area contributed by atoms with Crippen LogP contribution in [0.4, 0.5) is 0 Å². The van der Waals surface area contributed by atoms with Gasteiger partial charge in [-0.25, -0.2) is 24.2 Å². The number of rotatable bonds is 15. The number of esters is 1. The van der Waals surface area contributed by atoms with E-state index in [0.717, 1.165) is 0 Å². The number of aliphatic imine (C=N–C) groups is 1. The van der Waals surface area contributed by atoms with Gasteiger partial charge in [-0.3, -0.25) is 19.1 Å². The molecule has 0 bridgehead atoms. The van der Waals surface area contributed by atoms with Gasteiger partial charge in [-0.2, -0.15) is 5.11 Å². The largest absolute Gasteiger partial charge is 0.479 e. The van der Waals surface area contributed by atoms with E-state index in [-0.39, 0.29) is 49.7 Å². The van der Waals surface area contributed by atoms with E-state index in [1.165, 1.54) is 13.8 Å². The minimum atomic E-state index is -1.44. The lowest BCUT2D eigenvalue weighted by Gasteiger charge is -2.36. The standard InChI is InChI=1S/C7H13NO3.2C7H14O3.C6H11N3O.C6H10N2O3.C5H9NO3/c1-4-11-7(10)6(9)8-5(2)3;1-6(2)10-5-7(8)3-9-4-7;1-5(2)10-7(3,4)6(8)9;1-5(2)10-3-6-7-4-8-9-6;1-4(2)10-3-5-7-6(9)11-8-5;1-3(2)6-4(7)5(8)9/h5H,4H2,1-3H3,(H,8,9);6,8H,3-5H2,1-2H3;5H,1-4H3,(H,8,9);5H,3-4H2,1-2H3;4H,3H2,1-2H3,(H,7,8,9);3H,1-2H3,(H,6,7)(H,8,9). The van der Waals surface area contributed by atoms with Gasteiger partial charge >= 0.3 is 35.5 Å². The third-order valence-electron chi connectivity index (χ3n) is 6.05. The minimum Gasteiger partial charge on any atom is -0.479 e. The minimum absolute atomic E-state index is 0.0353. The van der Waals surface area contributed by atoms with Crippen molar-refractivity contribution in [2.24, 2.45) is 15.2 Å². The van der Waals surface area contributed by atoms with Crippen molar-refractivity contribution in [2.75, 3.05) is 39.7 Å². The number of ether oxygens (including phenoxy) is 6. The van der Waals surface area contributed by atoms with Crippen LogP contribution in [0.5, 0.6) is 0 Å². The van der Waals surface area contributed by atoms with Gasteiger partial charge in [0, 0.05) is 12.1 Å². The highest BCUT2D eigenvalue weighted by Gasteiger charge is 2.36. The van der Waals surface area contributed by atoms with Gasteiger partial charge in [0.15, 0.2) is 23.9 Å². The van der Waals surface area contributed by atoms with Crippen LogP contribution in [0, 0.1) is 0 Å². The van der Waals surface area contributed by atoms with Gasteiger partial charge in [0.25, 0.3) is 0 Å². The Morgan fingerprint density at radius 2 is 1.31 bits per heavy atom. The monoisotopic (exact) mass is 881 g/mol. The van der Waals surface area contributed by atoms with Gasteiger partial charge in [0.05, 0.1) is 50.8 Å². The van der Waals surface area contributed by atoms with Crippen LogP contribution in [-0.2, 0) is 59.0 Å². The van der Waals surface area contributed by atoms with Crippen molar-refractivity contribution < 1.29 is 72.2 Å². The zero-order chi connectivity index (χ0) is 47.9. The zero-order valence-corrected chi connectivity index (χ0v) is 38.4. The number of aliphatic hydroxyl groups is 1. The quantitative estimate of drug-likeness (QED) is 0.109. The highest BCUT2D eigenvalue weighted by molar-refractivity contribution is 6.32. The Morgan fingerprint density at radius 3 is 1.62 bits per heavy atom. The van der Waals surface area contributed by atoms with Crippen LogP contribution >= 0.6 is 0 Å². The summed E-state index contributed by atoms with van der Waals surface area (Å²) in [6, 6.07) is -0.152. The maximum absolute atomic E-state index is 10.8. The molecule has 1 aromatic heterocycles. The first-order chi connectivity index (χ1) is 28.1. The summed E-state index contributed by atoms with van der Waals surface area (Å²) in [6.45, 7) is 29.6. The molecule has 1 aromatic rings. The third kappa shape index (κ3) is 36.9. The number of amides is 2. The molecule has 354 valence electrons. The molecule has 2 aliphatic heterocycles. The molecule has 3 heterocycles. The fourth-order valence-electron chi connectivity index (χ4n) is 3.37. The van der Waals surface area contributed by atoms with E-state index in [0.29, 0.717) is 44.8 Å². The molecule has 0 aliphatic carbocycles. The zero-order valence-electron chi connectivity index (χ0n) is 38.4. The Kier molecular flexibility index (Phi) is 32.8. The molecule has 0 aromatic carbocycles. The van der Waals surface area contributed by atoms with Gasteiger partial charge in [0.1, 0.15) is 18.8 Å². The number of nitrogens with zero attached hydrogens (tertiary/aromatic N) is 4. The average Bonchev–Trinajstić information content (AvgIpc) is 3.80. The first kappa shape index (κ1) is 60.6. The molecular formula is C38H71N7O16. The molecule has 0 radical (unpaired) electrons. The first-order valence-electron chi connectivity index (χ1n) is 19.6. The summed E-state index contributed by atoms with van der Waals surface area (Å²) in [5, 5.41) is 41.5. The van der Waals surface area contributed by atoms with Crippen LogP contribution in [0.15, 0.2) is 24.5 Å². The number of carboxylic acid groups (broad SMARTS) is 2. The molecule has 0 spiro atoms. The molecule has 0 saturated carbocycles. The molecule has 1 saturated heterocycles. The summed E-state index contributed by atoms with van der Waals surface area (Å²) in [4.78, 5) is 68.6. The highest BCUT2D eigenvalue weighted by atomic mass is 16.6. The van der Waals surface area contributed by atoms with Crippen LogP contribution in [0.1, 0.15) is 110 Å². The third-order valence-corrected chi connectivity index (χ3v) is 6.05. The van der Waals surface area contributed by atoms with Gasteiger partial charge in [-0.05, 0) is 104 Å². The SMILES string of the molecule is CC(C)NC(=O)C(=O)O.CC(C)OC(C)(C)C(=O)O.CC(C)OCC1(O)COC1.CC(C)OCC1=NCN=N1.CC(C)OCc1noc(=O)[nH]1.CCOC(=O)C(=O)NC(C)C. The molecule has 2 amide bonds. The predicted molar refractivity (Wildman–Crippen MR) is 221 cm³/mol. The number of hydrogen-bond acceptors (Lipinski definition) is 18.